The van der Waals surface area contributed by atoms with E-state index in [1.54, 1.807) is 4.90 Å². The zero-order valence-electron chi connectivity index (χ0n) is 19.9. The standard InChI is InChI=1S/C22H39N5O4/c1-21(2,3)30-19(28)25-9-7-8-16(14-25)12-23-18-24-13-17-15-26(10-11-27(17)18)20(29)31-22(4,5)6/h16-17H,7-15H2,1-6H3,(H,23,24). The summed E-state index contributed by atoms with van der Waals surface area (Å²) in [7, 11) is 0. The van der Waals surface area contributed by atoms with Crippen molar-refractivity contribution in [2.45, 2.75) is 71.6 Å². The van der Waals surface area contributed by atoms with Crippen LogP contribution in [0.25, 0.3) is 0 Å². The Labute approximate surface area is 186 Å². The number of guanidine groups is 1. The van der Waals surface area contributed by atoms with Crippen LogP contribution >= 0.6 is 0 Å². The maximum Gasteiger partial charge on any atom is 0.410 e. The first kappa shape index (κ1) is 23.5. The fourth-order valence-electron chi connectivity index (χ4n) is 4.18. The molecule has 2 saturated heterocycles. The number of nitrogens with one attached hydrogen (secondary N) is 1. The number of carbonyl (C=O) groups excluding carboxylic acids is 2. The number of aliphatic imine (C=N–C) groups is 1. The Balaban J connectivity index is 1.45. The molecule has 0 radical (unpaired) electrons. The second-order valence-electron chi connectivity index (χ2n) is 10.8. The molecule has 0 aromatic heterocycles. The Morgan fingerprint density at radius 2 is 1.58 bits per heavy atom. The van der Waals surface area contributed by atoms with Crippen LogP contribution in [-0.2, 0) is 9.47 Å². The van der Waals surface area contributed by atoms with Crippen molar-refractivity contribution in [3.63, 3.8) is 0 Å². The largest absolute Gasteiger partial charge is 0.444 e. The maximum absolute atomic E-state index is 12.4. The number of piperazine rings is 1. The van der Waals surface area contributed by atoms with Gasteiger partial charge in [0.05, 0.1) is 12.6 Å². The molecule has 2 atom stereocenters. The van der Waals surface area contributed by atoms with Gasteiger partial charge in [-0.3, -0.25) is 4.99 Å². The average molecular weight is 438 g/mol. The van der Waals surface area contributed by atoms with Crippen molar-refractivity contribution in [2.24, 2.45) is 10.9 Å². The van der Waals surface area contributed by atoms with Crippen molar-refractivity contribution in [2.75, 3.05) is 45.8 Å². The van der Waals surface area contributed by atoms with E-state index in [4.69, 9.17) is 9.47 Å². The van der Waals surface area contributed by atoms with Crippen molar-refractivity contribution in [3.8, 4) is 0 Å². The van der Waals surface area contributed by atoms with E-state index in [-0.39, 0.29) is 18.2 Å². The first-order chi connectivity index (χ1) is 14.4. The Morgan fingerprint density at radius 1 is 0.968 bits per heavy atom. The molecule has 0 bridgehead atoms. The van der Waals surface area contributed by atoms with Crippen LogP contribution < -0.4 is 5.32 Å². The Kier molecular flexibility index (Phi) is 6.91. The average Bonchev–Trinajstić information content (AvgIpc) is 3.06. The quantitative estimate of drug-likeness (QED) is 0.714. The van der Waals surface area contributed by atoms with Gasteiger partial charge in [-0.2, -0.15) is 0 Å². The lowest BCUT2D eigenvalue weighted by Crippen LogP contribution is -2.58. The molecule has 9 nitrogen and oxygen atoms in total. The minimum absolute atomic E-state index is 0.188. The predicted octanol–water partition coefficient (Wildman–Crippen LogP) is 2.51. The Morgan fingerprint density at radius 3 is 2.19 bits per heavy atom. The molecule has 176 valence electrons. The van der Waals surface area contributed by atoms with Crippen molar-refractivity contribution in [1.82, 2.24) is 20.0 Å². The molecule has 0 aliphatic carbocycles. The third-order valence-electron chi connectivity index (χ3n) is 5.58. The van der Waals surface area contributed by atoms with Crippen LogP contribution in [0.5, 0.6) is 0 Å². The number of ether oxygens (including phenoxy) is 2. The van der Waals surface area contributed by atoms with E-state index < -0.39 is 11.2 Å². The number of hydrogen-bond acceptors (Lipinski definition) is 7. The van der Waals surface area contributed by atoms with E-state index in [1.807, 2.05) is 46.4 Å². The molecule has 2 amide bonds. The molecule has 0 saturated carbocycles. The molecule has 3 heterocycles. The first-order valence-corrected chi connectivity index (χ1v) is 11.4. The number of carbonyl (C=O) groups is 2. The Hall–Kier alpha value is -2.19. The lowest BCUT2D eigenvalue weighted by molar-refractivity contribution is 0.0130. The van der Waals surface area contributed by atoms with E-state index >= 15 is 0 Å². The lowest BCUT2D eigenvalue weighted by Gasteiger charge is -2.39. The van der Waals surface area contributed by atoms with Crippen molar-refractivity contribution in [3.05, 3.63) is 0 Å². The van der Waals surface area contributed by atoms with Crippen molar-refractivity contribution < 1.29 is 19.1 Å². The zero-order valence-corrected chi connectivity index (χ0v) is 19.9. The number of hydrogen-bond donors (Lipinski definition) is 1. The molecule has 31 heavy (non-hydrogen) atoms. The third-order valence-corrected chi connectivity index (χ3v) is 5.58. The van der Waals surface area contributed by atoms with Crippen LogP contribution in [0.4, 0.5) is 9.59 Å². The molecule has 3 rings (SSSR count). The second kappa shape index (κ2) is 9.12. The summed E-state index contributed by atoms with van der Waals surface area (Å²) in [5.41, 5.74) is -0.961. The number of nitrogens with zero attached hydrogens (tertiary/aromatic N) is 4. The summed E-state index contributed by atoms with van der Waals surface area (Å²) in [5.74, 6) is 1.27. The highest BCUT2D eigenvalue weighted by atomic mass is 16.6. The molecule has 1 N–H and O–H groups in total. The van der Waals surface area contributed by atoms with Gasteiger partial charge in [0.25, 0.3) is 0 Å². The molecular weight excluding hydrogens is 398 g/mol. The SMILES string of the molecule is CC(C)(C)OC(=O)N1CCCC(CNC2=NCC3CN(C(=O)OC(C)(C)C)CCN23)C1. The molecule has 3 aliphatic rings. The summed E-state index contributed by atoms with van der Waals surface area (Å²) in [6.45, 7) is 16.2. The minimum atomic E-state index is -0.486. The second-order valence-corrected chi connectivity index (χ2v) is 10.8. The summed E-state index contributed by atoms with van der Waals surface area (Å²) in [6, 6.07) is 0.188. The fraction of sp³-hybridized carbons (Fsp3) is 0.864. The van der Waals surface area contributed by atoms with Crippen molar-refractivity contribution in [1.29, 1.82) is 0 Å². The lowest BCUT2D eigenvalue weighted by atomic mass is 9.98. The summed E-state index contributed by atoms with van der Waals surface area (Å²) in [5, 5.41) is 3.50. The van der Waals surface area contributed by atoms with E-state index in [1.165, 1.54) is 0 Å². The zero-order chi connectivity index (χ0) is 22.8. The van der Waals surface area contributed by atoms with Gasteiger partial charge < -0.3 is 29.5 Å². The predicted molar refractivity (Wildman–Crippen MR) is 119 cm³/mol. The summed E-state index contributed by atoms with van der Waals surface area (Å²) in [6.07, 6.45) is 1.58. The summed E-state index contributed by atoms with van der Waals surface area (Å²) < 4.78 is 11.0. The summed E-state index contributed by atoms with van der Waals surface area (Å²) >= 11 is 0. The maximum atomic E-state index is 12.4. The van der Waals surface area contributed by atoms with Gasteiger partial charge in [0.2, 0.25) is 0 Å². The normalized spacial score (nSPS) is 24.5. The highest BCUT2D eigenvalue weighted by Gasteiger charge is 2.37. The number of rotatable bonds is 2. The molecule has 2 fully saturated rings. The molecule has 3 aliphatic heterocycles. The van der Waals surface area contributed by atoms with Gasteiger partial charge in [0, 0.05) is 39.3 Å². The van der Waals surface area contributed by atoms with Gasteiger partial charge in [-0.25, -0.2) is 9.59 Å². The molecule has 0 aromatic rings. The molecule has 0 spiro atoms. The number of likely N-dealkylation sites (tertiary alicyclic amines) is 1. The van der Waals surface area contributed by atoms with Crippen LogP contribution in [0, 0.1) is 5.92 Å². The van der Waals surface area contributed by atoms with Gasteiger partial charge in [-0.1, -0.05) is 0 Å². The molecular formula is C22H39N5O4. The molecule has 9 heteroatoms. The van der Waals surface area contributed by atoms with E-state index in [9.17, 15) is 9.59 Å². The van der Waals surface area contributed by atoms with Crippen LogP contribution in [0.3, 0.4) is 0 Å². The van der Waals surface area contributed by atoms with Crippen molar-refractivity contribution >= 4 is 18.1 Å². The number of piperidine rings is 1. The third kappa shape index (κ3) is 6.64. The Bertz CT molecular complexity index is 697. The fourth-order valence-corrected chi connectivity index (χ4v) is 4.18. The molecule has 2 unspecified atom stereocenters. The minimum Gasteiger partial charge on any atom is -0.444 e. The topological polar surface area (TPSA) is 86.7 Å². The highest BCUT2D eigenvalue weighted by molar-refractivity contribution is 5.82. The van der Waals surface area contributed by atoms with E-state index in [2.05, 4.69) is 15.2 Å². The number of amides is 2. The van der Waals surface area contributed by atoms with Crippen LogP contribution in [-0.4, -0.2) is 95.9 Å². The smallest absolute Gasteiger partial charge is 0.410 e. The van der Waals surface area contributed by atoms with Crippen LogP contribution in [0.2, 0.25) is 0 Å². The van der Waals surface area contributed by atoms with Gasteiger partial charge in [-0.15, -0.1) is 0 Å². The first-order valence-electron chi connectivity index (χ1n) is 11.4. The van der Waals surface area contributed by atoms with Gasteiger partial charge in [0.15, 0.2) is 5.96 Å². The number of fused-ring (bicyclic) bond motifs is 1. The van der Waals surface area contributed by atoms with Crippen LogP contribution in [0.15, 0.2) is 4.99 Å². The van der Waals surface area contributed by atoms with Gasteiger partial charge in [-0.05, 0) is 60.3 Å². The van der Waals surface area contributed by atoms with E-state index in [0.29, 0.717) is 32.1 Å². The summed E-state index contributed by atoms with van der Waals surface area (Å²) in [4.78, 5) is 35.3. The monoisotopic (exact) mass is 437 g/mol. The van der Waals surface area contributed by atoms with E-state index in [0.717, 1.165) is 38.4 Å². The van der Waals surface area contributed by atoms with Gasteiger partial charge in [0.1, 0.15) is 11.2 Å². The molecule has 0 aromatic carbocycles. The van der Waals surface area contributed by atoms with Gasteiger partial charge >= 0.3 is 12.2 Å². The highest BCUT2D eigenvalue weighted by Crippen LogP contribution is 2.21. The van der Waals surface area contributed by atoms with Crippen LogP contribution in [0.1, 0.15) is 54.4 Å².